The lowest BCUT2D eigenvalue weighted by Gasteiger charge is -2.16. The van der Waals surface area contributed by atoms with Gasteiger partial charge in [0.2, 0.25) is 11.9 Å². The Bertz CT molecular complexity index is 491. The number of rotatable bonds is 6. The van der Waals surface area contributed by atoms with Crippen LogP contribution in [-0.4, -0.2) is 51.1 Å². The summed E-state index contributed by atoms with van der Waals surface area (Å²) in [7, 11) is 0. The largest absolute Gasteiger partial charge is 0.461 e. The third-order valence-electron chi connectivity index (χ3n) is 3.70. The van der Waals surface area contributed by atoms with Crippen molar-refractivity contribution in [3.05, 3.63) is 0 Å². The summed E-state index contributed by atoms with van der Waals surface area (Å²) >= 11 is 0. The molecule has 0 aromatic carbocycles. The van der Waals surface area contributed by atoms with Gasteiger partial charge in [0.15, 0.2) is 0 Å². The number of anilines is 2. The van der Waals surface area contributed by atoms with Gasteiger partial charge in [-0.15, -0.1) is 0 Å². The van der Waals surface area contributed by atoms with E-state index >= 15 is 0 Å². The summed E-state index contributed by atoms with van der Waals surface area (Å²) in [5.41, 5.74) is 2.45. The van der Waals surface area contributed by atoms with Crippen LogP contribution in [0, 0.1) is 0 Å². The number of nitrogen functional groups attached to an aromatic ring is 1. The molecule has 1 saturated heterocycles. The van der Waals surface area contributed by atoms with E-state index in [1.807, 2.05) is 13.8 Å². The SMILES string of the molecule is CC(C)Oc1nc(NN)nc(NC2CCN(C3CC3)C2)n1. The maximum Gasteiger partial charge on any atom is 0.323 e. The molecule has 116 valence electrons. The van der Waals surface area contributed by atoms with E-state index in [1.165, 1.54) is 12.8 Å². The number of nitrogens with two attached hydrogens (primary N) is 1. The van der Waals surface area contributed by atoms with Gasteiger partial charge >= 0.3 is 6.01 Å². The van der Waals surface area contributed by atoms with E-state index in [1.54, 1.807) is 0 Å². The van der Waals surface area contributed by atoms with Crippen molar-refractivity contribution in [1.82, 2.24) is 19.9 Å². The molecule has 0 amide bonds. The number of ether oxygens (including phenoxy) is 1. The minimum Gasteiger partial charge on any atom is -0.461 e. The molecule has 0 radical (unpaired) electrons. The van der Waals surface area contributed by atoms with E-state index in [-0.39, 0.29) is 12.1 Å². The molecular weight excluding hydrogens is 270 g/mol. The van der Waals surface area contributed by atoms with Gasteiger partial charge < -0.3 is 10.1 Å². The summed E-state index contributed by atoms with van der Waals surface area (Å²) < 4.78 is 5.52. The van der Waals surface area contributed by atoms with E-state index < -0.39 is 0 Å². The Kier molecular flexibility index (Phi) is 4.07. The van der Waals surface area contributed by atoms with Gasteiger partial charge in [-0.1, -0.05) is 0 Å². The highest BCUT2D eigenvalue weighted by atomic mass is 16.5. The van der Waals surface area contributed by atoms with E-state index in [9.17, 15) is 0 Å². The van der Waals surface area contributed by atoms with Crippen LogP contribution in [0.25, 0.3) is 0 Å². The van der Waals surface area contributed by atoms with Gasteiger partial charge in [-0.25, -0.2) is 5.84 Å². The fourth-order valence-corrected chi connectivity index (χ4v) is 2.61. The lowest BCUT2D eigenvalue weighted by molar-refractivity contribution is 0.222. The Morgan fingerprint density at radius 2 is 1.95 bits per heavy atom. The van der Waals surface area contributed by atoms with Crippen molar-refractivity contribution in [3.8, 4) is 6.01 Å². The summed E-state index contributed by atoms with van der Waals surface area (Å²) in [6.07, 6.45) is 3.79. The topological polar surface area (TPSA) is 101 Å². The number of hydrogen-bond acceptors (Lipinski definition) is 8. The first-order valence-electron chi connectivity index (χ1n) is 7.54. The van der Waals surface area contributed by atoms with Gasteiger partial charge in [0, 0.05) is 25.2 Å². The molecule has 8 heteroatoms. The molecule has 1 atom stereocenters. The second kappa shape index (κ2) is 5.98. The first kappa shape index (κ1) is 14.3. The van der Waals surface area contributed by atoms with E-state index in [0.29, 0.717) is 17.9 Å². The smallest absolute Gasteiger partial charge is 0.323 e. The van der Waals surface area contributed by atoms with Crippen LogP contribution in [0.1, 0.15) is 33.1 Å². The maximum absolute atomic E-state index is 5.52. The van der Waals surface area contributed by atoms with E-state index in [2.05, 4.69) is 30.6 Å². The predicted molar refractivity (Wildman–Crippen MR) is 80.0 cm³/mol. The van der Waals surface area contributed by atoms with Gasteiger partial charge in [0.05, 0.1) is 6.10 Å². The molecule has 0 bridgehead atoms. The molecule has 1 aromatic heterocycles. The zero-order chi connectivity index (χ0) is 14.8. The van der Waals surface area contributed by atoms with Gasteiger partial charge in [-0.05, 0) is 33.1 Å². The molecule has 0 spiro atoms. The Labute approximate surface area is 124 Å². The summed E-state index contributed by atoms with van der Waals surface area (Å²) in [5.74, 6) is 6.22. The van der Waals surface area contributed by atoms with Crippen LogP contribution in [-0.2, 0) is 0 Å². The van der Waals surface area contributed by atoms with Crippen molar-refractivity contribution in [1.29, 1.82) is 0 Å². The molecule has 1 saturated carbocycles. The maximum atomic E-state index is 5.52. The first-order chi connectivity index (χ1) is 10.1. The number of nitrogens with one attached hydrogen (secondary N) is 2. The average Bonchev–Trinajstić information content (AvgIpc) is 3.19. The summed E-state index contributed by atoms with van der Waals surface area (Å²) in [4.78, 5) is 15.2. The van der Waals surface area contributed by atoms with Crippen LogP contribution < -0.4 is 21.3 Å². The highest BCUT2D eigenvalue weighted by Crippen LogP contribution is 2.30. The third-order valence-corrected chi connectivity index (χ3v) is 3.70. The molecule has 4 N–H and O–H groups in total. The minimum absolute atomic E-state index is 0.00251. The van der Waals surface area contributed by atoms with Crippen LogP contribution in [0.2, 0.25) is 0 Å². The van der Waals surface area contributed by atoms with Crippen molar-refractivity contribution < 1.29 is 4.74 Å². The number of nitrogens with zero attached hydrogens (tertiary/aromatic N) is 4. The molecule has 1 aliphatic carbocycles. The lowest BCUT2D eigenvalue weighted by Crippen LogP contribution is -2.28. The van der Waals surface area contributed by atoms with Crippen molar-refractivity contribution in [2.24, 2.45) is 5.84 Å². The van der Waals surface area contributed by atoms with Crippen LogP contribution in [0.5, 0.6) is 6.01 Å². The number of hydrazine groups is 1. The normalized spacial score (nSPS) is 22.6. The number of hydrogen-bond donors (Lipinski definition) is 3. The number of aromatic nitrogens is 3. The molecule has 8 nitrogen and oxygen atoms in total. The molecule has 2 fully saturated rings. The molecule has 2 heterocycles. The summed E-state index contributed by atoms with van der Waals surface area (Å²) in [5, 5.41) is 3.36. The molecule has 3 rings (SSSR count). The Hall–Kier alpha value is -1.67. The highest BCUT2D eigenvalue weighted by molar-refractivity contribution is 5.36. The molecule has 21 heavy (non-hydrogen) atoms. The van der Waals surface area contributed by atoms with Gasteiger partial charge in [-0.2, -0.15) is 15.0 Å². The van der Waals surface area contributed by atoms with Crippen molar-refractivity contribution in [2.45, 2.75) is 51.3 Å². The minimum atomic E-state index is 0.00251. The third kappa shape index (κ3) is 3.70. The fraction of sp³-hybridized carbons (Fsp3) is 0.769. The molecular formula is C13H23N7O. The first-order valence-corrected chi connectivity index (χ1v) is 7.54. The highest BCUT2D eigenvalue weighted by Gasteiger charge is 2.34. The standard InChI is InChI=1S/C13H23N7O/c1-8(2)21-13-17-11(16-12(18-13)19-14)15-9-5-6-20(7-9)10-3-4-10/h8-10H,3-7,14H2,1-2H3,(H2,15,16,17,18,19). The Balaban J connectivity index is 1.66. The molecule has 1 unspecified atom stereocenters. The zero-order valence-corrected chi connectivity index (χ0v) is 12.5. The summed E-state index contributed by atoms with van der Waals surface area (Å²) in [6, 6.07) is 1.45. The van der Waals surface area contributed by atoms with Crippen molar-refractivity contribution in [3.63, 3.8) is 0 Å². The monoisotopic (exact) mass is 293 g/mol. The summed E-state index contributed by atoms with van der Waals surface area (Å²) in [6.45, 7) is 6.04. The average molecular weight is 293 g/mol. The second-order valence-corrected chi connectivity index (χ2v) is 5.93. The van der Waals surface area contributed by atoms with Crippen LogP contribution in [0.4, 0.5) is 11.9 Å². The van der Waals surface area contributed by atoms with Gasteiger partial charge in [-0.3, -0.25) is 10.3 Å². The van der Waals surface area contributed by atoms with Gasteiger partial charge in [0.1, 0.15) is 0 Å². The Morgan fingerprint density at radius 3 is 2.62 bits per heavy atom. The second-order valence-electron chi connectivity index (χ2n) is 5.93. The van der Waals surface area contributed by atoms with Crippen molar-refractivity contribution in [2.75, 3.05) is 23.8 Å². The molecule has 1 aliphatic heterocycles. The molecule has 1 aromatic rings. The quantitative estimate of drug-likeness (QED) is 0.517. The van der Waals surface area contributed by atoms with Crippen LogP contribution in [0.3, 0.4) is 0 Å². The lowest BCUT2D eigenvalue weighted by atomic mass is 10.3. The van der Waals surface area contributed by atoms with Crippen LogP contribution in [0.15, 0.2) is 0 Å². The Morgan fingerprint density at radius 1 is 1.19 bits per heavy atom. The van der Waals surface area contributed by atoms with Crippen molar-refractivity contribution >= 4 is 11.9 Å². The fourth-order valence-electron chi connectivity index (χ4n) is 2.61. The van der Waals surface area contributed by atoms with E-state index in [0.717, 1.165) is 25.6 Å². The van der Waals surface area contributed by atoms with Gasteiger partial charge in [0.25, 0.3) is 0 Å². The predicted octanol–water partition coefficient (Wildman–Crippen LogP) is 0.593. The van der Waals surface area contributed by atoms with E-state index in [4.69, 9.17) is 10.6 Å². The van der Waals surface area contributed by atoms with Crippen LogP contribution >= 0.6 is 0 Å². The number of likely N-dealkylation sites (tertiary alicyclic amines) is 1. The molecule has 2 aliphatic rings. The zero-order valence-electron chi connectivity index (χ0n) is 12.5.